The van der Waals surface area contributed by atoms with Gasteiger partial charge in [-0.3, -0.25) is 4.79 Å². The molecule has 0 saturated carbocycles. The van der Waals surface area contributed by atoms with E-state index in [1.165, 1.54) is 0 Å². The Bertz CT molecular complexity index is 456. The Morgan fingerprint density at radius 2 is 2.12 bits per heavy atom. The van der Waals surface area contributed by atoms with Crippen LogP contribution in [0.1, 0.15) is 22.3 Å². The third kappa shape index (κ3) is 1.45. The summed E-state index contributed by atoms with van der Waals surface area (Å²) >= 11 is 0. The average molecular weight is 212 g/mol. The first-order chi connectivity index (χ1) is 7.62. The van der Waals surface area contributed by atoms with Crippen LogP contribution in [0.4, 0.5) is 0 Å². The lowest BCUT2D eigenvalue weighted by Crippen LogP contribution is -2.46. The van der Waals surface area contributed by atoms with Gasteiger partial charge in [0.25, 0.3) is 8.05 Å². The van der Waals surface area contributed by atoms with Crippen LogP contribution in [0.5, 0.6) is 0 Å². The number of hydrogen-bond acceptors (Lipinski definition) is 2. The monoisotopic (exact) mass is 212 g/mol. The lowest BCUT2D eigenvalue weighted by molar-refractivity contribution is 0.0584. The van der Waals surface area contributed by atoms with Crippen molar-refractivity contribution in [3.63, 3.8) is 0 Å². The van der Waals surface area contributed by atoms with E-state index in [1.807, 2.05) is 32.1 Å². The minimum Gasteiger partial charge on any atom is -0.430 e. The van der Waals surface area contributed by atoms with Gasteiger partial charge in [0.05, 0.1) is 0 Å². The molecule has 4 heteroatoms. The van der Waals surface area contributed by atoms with Crippen LogP contribution < -0.4 is 0 Å². The second kappa shape index (κ2) is 3.95. The van der Waals surface area contributed by atoms with Crippen molar-refractivity contribution in [3.05, 3.63) is 47.4 Å². The molecule has 16 heavy (non-hydrogen) atoms. The van der Waals surface area contributed by atoms with Crippen LogP contribution in [0.25, 0.3) is 0 Å². The molecule has 0 fully saturated rings. The van der Waals surface area contributed by atoms with Gasteiger partial charge in [-0.15, -0.1) is 6.58 Å². The summed E-state index contributed by atoms with van der Waals surface area (Å²) in [6, 6.07) is 7.73. The molecule has 0 bridgehead atoms. The molecule has 2 nitrogen and oxygen atoms in total. The molecule has 0 N–H and O–H groups in total. The maximum Gasteiger partial charge on any atom is 0.259 e. The fraction of sp³-hybridized carbons (Fsp3) is 0.250. The number of fused-ring (bicyclic) bond motifs is 1. The van der Waals surface area contributed by atoms with Crippen LogP contribution in [-0.2, 0) is 11.1 Å². The van der Waals surface area contributed by atoms with Crippen LogP contribution in [0.3, 0.4) is 0 Å². The van der Waals surface area contributed by atoms with Gasteiger partial charge in [0.15, 0.2) is 5.78 Å². The van der Waals surface area contributed by atoms with E-state index < -0.39 is 5.60 Å². The molecule has 1 atom stereocenters. The molecular weight excluding hydrogens is 198 g/mol. The van der Waals surface area contributed by atoms with E-state index in [1.54, 1.807) is 8.05 Å². The predicted molar refractivity (Wildman–Crippen MR) is 69.1 cm³/mol. The second-order valence-corrected chi connectivity index (χ2v) is 4.30. The summed E-state index contributed by atoms with van der Waals surface area (Å²) in [7, 11) is 3.44. The highest BCUT2D eigenvalue weighted by atomic mass is 16.5. The van der Waals surface area contributed by atoms with E-state index in [4.69, 9.17) is 4.65 Å². The fourth-order valence-corrected chi connectivity index (χ4v) is 2.38. The Balaban J connectivity index is 2.52. The van der Waals surface area contributed by atoms with Gasteiger partial charge in [-0.1, -0.05) is 29.7 Å². The van der Waals surface area contributed by atoms with E-state index >= 15 is 0 Å². The van der Waals surface area contributed by atoms with Crippen molar-refractivity contribution in [2.75, 3.05) is 0 Å². The molecule has 0 aromatic heterocycles. The highest BCUT2D eigenvalue weighted by molar-refractivity contribution is 6.28. The van der Waals surface area contributed by atoms with Crippen molar-refractivity contribution >= 4 is 21.7 Å². The molecule has 1 aromatic carbocycles. The molecule has 1 unspecified atom stereocenters. The molecule has 2 rings (SSSR count). The molecule has 0 spiro atoms. The van der Waals surface area contributed by atoms with Crippen LogP contribution >= 0.6 is 0 Å². The molecule has 1 aliphatic carbocycles. The van der Waals surface area contributed by atoms with Crippen molar-refractivity contribution in [1.82, 2.24) is 0 Å². The minimum atomic E-state index is -0.811. The Hall–Kier alpha value is -1.28. The van der Waals surface area contributed by atoms with Crippen molar-refractivity contribution < 1.29 is 9.45 Å². The number of carbonyl (C=O) groups excluding carboxylic acids is 1. The van der Waals surface area contributed by atoms with E-state index in [2.05, 4.69) is 6.58 Å². The molecule has 0 radical (unpaired) electrons. The predicted octanol–water partition coefficient (Wildman–Crippen LogP) is 0.266. The summed E-state index contributed by atoms with van der Waals surface area (Å²) < 4.78 is 5.46. The van der Waals surface area contributed by atoms with E-state index in [-0.39, 0.29) is 5.78 Å². The summed E-state index contributed by atoms with van der Waals surface area (Å²) in [5, 5.41) is 0. The first-order valence-electron chi connectivity index (χ1n) is 5.45. The van der Waals surface area contributed by atoms with Gasteiger partial charge < -0.3 is 4.65 Å². The third-order valence-corrected chi connectivity index (χ3v) is 3.41. The molecule has 0 saturated heterocycles. The molecule has 0 amide bonds. The topological polar surface area (TPSA) is 26.3 Å². The maximum absolute atomic E-state index is 12.4. The lowest BCUT2D eigenvalue weighted by atomic mass is 9.69. The molecule has 1 aliphatic rings. The molecular formula is C12H14B2O2. The SMILES string of the molecule is BOC1(C(B)=C)CCc2ccccc2C1=O. The minimum absolute atomic E-state index is 0.0457. The summed E-state index contributed by atoms with van der Waals surface area (Å²) in [6.07, 6.45) is 1.55. The number of aryl methyl sites for hydroxylation is 1. The first-order valence-corrected chi connectivity index (χ1v) is 5.45. The Morgan fingerprint density at radius 1 is 1.44 bits per heavy atom. The van der Waals surface area contributed by atoms with Gasteiger partial charge >= 0.3 is 0 Å². The highest BCUT2D eigenvalue weighted by Gasteiger charge is 2.42. The Morgan fingerprint density at radius 3 is 2.75 bits per heavy atom. The maximum atomic E-state index is 12.4. The lowest BCUT2D eigenvalue weighted by Gasteiger charge is -2.37. The summed E-state index contributed by atoms with van der Waals surface area (Å²) in [6.45, 7) is 3.90. The highest BCUT2D eigenvalue weighted by Crippen LogP contribution is 2.34. The quantitative estimate of drug-likeness (QED) is 0.657. The van der Waals surface area contributed by atoms with Gasteiger partial charge in [0.1, 0.15) is 13.4 Å². The second-order valence-electron chi connectivity index (χ2n) is 4.30. The standard InChI is InChI=1S/C12H14B2O2/c1-8(13)12(16-14)7-6-9-4-2-3-5-10(9)11(12)15/h2-5H,1,6-7,13-14H2. The van der Waals surface area contributed by atoms with E-state index in [9.17, 15) is 4.79 Å². The number of ketones is 1. The Kier molecular flexibility index (Phi) is 2.76. The van der Waals surface area contributed by atoms with Gasteiger partial charge in [0.2, 0.25) is 0 Å². The molecule has 0 aliphatic heterocycles. The zero-order valence-electron chi connectivity index (χ0n) is 9.75. The largest absolute Gasteiger partial charge is 0.430 e. The van der Waals surface area contributed by atoms with Gasteiger partial charge in [-0.25, -0.2) is 0 Å². The third-order valence-electron chi connectivity index (χ3n) is 3.41. The summed E-state index contributed by atoms with van der Waals surface area (Å²) in [4.78, 5) is 12.4. The van der Waals surface area contributed by atoms with Crippen LogP contribution in [0.2, 0.25) is 0 Å². The Labute approximate surface area is 97.5 Å². The van der Waals surface area contributed by atoms with Gasteiger partial charge in [-0.2, -0.15) is 0 Å². The van der Waals surface area contributed by atoms with E-state index in [0.717, 1.165) is 23.0 Å². The number of rotatable bonds is 2. The van der Waals surface area contributed by atoms with Crippen molar-refractivity contribution in [2.45, 2.75) is 18.4 Å². The number of hydrogen-bond donors (Lipinski definition) is 0. The molecule has 0 heterocycles. The number of benzene rings is 1. The first kappa shape index (κ1) is 11.2. The molecule has 1 aromatic rings. The number of Topliss-reactive ketones (excluding diaryl/α,β-unsaturated/α-hetero) is 1. The zero-order chi connectivity index (χ0) is 11.8. The van der Waals surface area contributed by atoms with Crippen molar-refractivity contribution in [3.8, 4) is 0 Å². The van der Waals surface area contributed by atoms with Gasteiger partial charge in [0, 0.05) is 5.56 Å². The average Bonchev–Trinajstić information content (AvgIpc) is 2.30. The fourth-order valence-electron chi connectivity index (χ4n) is 2.38. The summed E-state index contributed by atoms with van der Waals surface area (Å²) in [5.41, 5.74) is 1.86. The summed E-state index contributed by atoms with van der Waals surface area (Å²) in [5.74, 6) is 0.0457. The van der Waals surface area contributed by atoms with Gasteiger partial charge in [-0.05, 0) is 18.4 Å². The zero-order valence-corrected chi connectivity index (χ0v) is 9.75. The normalized spacial score (nSPS) is 23.9. The smallest absolute Gasteiger partial charge is 0.259 e. The van der Waals surface area contributed by atoms with Crippen molar-refractivity contribution in [2.24, 2.45) is 0 Å². The van der Waals surface area contributed by atoms with E-state index in [0.29, 0.717) is 6.42 Å². The van der Waals surface area contributed by atoms with Crippen LogP contribution in [-0.4, -0.2) is 27.3 Å². The number of carbonyl (C=O) groups is 1. The van der Waals surface area contributed by atoms with Crippen LogP contribution in [0.15, 0.2) is 36.3 Å². The molecule has 80 valence electrons. The van der Waals surface area contributed by atoms with Crippen molar-refractivity contribution in [1.29, 1.82) is 0 Å². The van der Waals surface area contributed by atoms with Crippen LogP contribution in [0, 0.1) is 0 Å².